The Balaban J connectivity index is 3.42. The van der Waals surface area contributed by atoms with E-state index in [0.29, 0.717) is 12.1 Å². The molecule has 35 heavy (non-hydrogen) atoms. The van der Waals surface area contributed by atoms with Crippen LogP contribution in [0.3, 0.4) is 0 Å². The van der Waals surface area contributed by atoms with Crippen molar-refractivity contribution in [2.24, 2.45) is 5.92 Å². The van der Waals surface area contributed by atoms with E-state index in [0.717, 1.165) is 25.7 Å². The number of nitrogens with zero attached hydrogens (tertiary/aromatic N) is 1. The number of rotatable bonds is 12. The number of alkyl carbamates (subject to hydrolysis) is 1. The molecule has 0 aliphatic heterocycles. The first kappa shape index (κ1) is 30.3. The molecule has 1 aromatic carbocycles. The number of phenolic OH excluding ortho intramolecular Hbond substituents is 1. The number of carbonyl (C=O) groups excluding carboxylic acids is 3. The highest BCUT2D eigenvalue weighted by atomic mass is 16.6. The third kappa shape index (κ3) is 10.6. The summed E-state index contributed by atoms with van der Waals surface area (Å²) in [6.45, 7) is 15.2. The topological polar surface area (TPSA) is 108 Å². The third-order valence-corrected chi connectivity index (χ3v) is 5.34. The molecule has 0 saturated carbocycles. The Morgan fingerprint density at radius 2 is 1.57 bits per heavy atom. The number of phenols is 1. The van der Waals surface area contributed by atoms with Crippen LogP contribution < -0.4 is 10.6 Å². The average molecular weight is 492 g/mol. The summed E-state index contributed by atoms with van der Waals surface area (Å²) in [6, 6.07) is 4.40. The van der Waals surface area contributed by atoms with Crippen LogP contribution in [0.25, 0.3) is 0 Å². The van der Waals surface area contributed by atoms with E-state index in [1.54, 1.807) is 37.8 Å². The molecule has 8 heteroatoms. The number of aromatic hydroxyl groups is 1. The average Bonchev–Trinajstić information content (AvgIpc) is 2.72. The van der Waals surface area contributed by atoms with Gasteiger partial charge in [0, 0.05) is 12.6 Å². The molecule has 3 N–H and O–H groups in total. The maximum atomic E-state index is 13.9. The molecular formula is C27H45N3O5. The third-order valence-electron chi connectivity index (χ3n) is 5.34. The quantitative estimate of drug-likeness (QED) is 0.360. The molecule has 3 amide bonds. The van der Waals surface area contributed by atoms with Crippen molar-refractivity contribution >= 4 is 17.9 Å². The van der Waals surface area contributed by atoms with E-state index < -0.39 is 23.8 Å². The summed E-state index contributed by atoms with van der Waals surface area (Å²) in [7, 11) is 0. The van der Waals surface area contributed by atoms with Gasteiger partial charge in [0.1, 0.15) is 23.4 Å². The number of carbonyl (C=O) groups is 3. The number of amides is 3. The molecule has 0 bridgehead atoms. The molecule has 0 aromatic heterocycles. The smallest absolute Gasteiger partial charge is 0.408 e. The van der Waals surface area contributed by atoms with Crippen LogP contribution in [0.2, 0.25) is 0 Å². The fourth-order valence-corrected chi connectivity index (χ4v) is 3.70. The normalized spacial score (nSPS) is 13.3. The molecule has 8 nitrogen and oxygen atoms in total. The van der Waals surface area contributed by atoms with Crippen LogP contribution in [-0.2, 0) is 14.3 Å². The van der Waals surface area contributed by atoms with Crippen LogP contribution in [0.5, 0.6) is 5.75 Å². The van der Waals surface area contributed by atoms with Gasteiger partial charge in [0.15, 0.2) is 0 Å². The molecular weight excluding hydrogens is 446 g/mol. The van der Waals surface area contributed by atoms with Crippen LogP contribution in [0.15, 0.2) is 24.3 Å². The zero-order valence-corrected chi connectivity index (χ0v) is 22.7. The van der Waals surface area contributed by atoms with Crippen molar-refractivity contribution in [3.63, 3.8) is 0 Å². The molecule has 0 radical (unpaired) electrons. The van der Waals surface area contributed by atoms with E-state index in [1.807, 2.05) is 27.7 Å². The monoisotopic (exact) mass is 491 g/mol. The Bertz CT molecular complexity index is 815. The van der Waals surface area contributed by atoms with E-state index in [1.165, 1.54) is 12.1 Å². The summed E-state index contributed by atoms with van der Waals surface area (Å²) in [5, 5.41) is 15.4. The largest absolute Gasteiger partial charge is 0.508 e. The van der Waals surface area contributed by atoms with Crippen LogP contribution in [0.1, 0.15) is 92.7 Å². The van der Waals surface area contributed by atoms with Gasteiger partial charge >= 0.3 is 6.09 Å². The number of nitrogens with one attached hydrogen (secondary N) is 2. The Labute approximate surface area is 210 Å². The minimum absolute atomic E-state index is 0.0734. The van der Waals surface area contributed by atoms with Gasteiger partial charge in [-0.2, -0.15) is 0 Å². The lowest BCUT2D eigenvalue weighted by Crippen LogP contribution is -2.55. The molecule has 2 unspecified atom stereocenters. The lowest BCUT2D eigenvalue weighted by atomic mass is 9.98. The first-order chi connectivity index (χ1) is 16.3. The van der Waals surface area contributed by atoms with Crippen LogP contribution in [0.4, 0.5) is 4.79 Å². The minimum atomic E-state index is -0.909. The molecule has 1 aromatic rings. The van der Waals surface area contributed by atoms with E-state index in [9.17, 15) is 19.5 Å². The van der Waals surface area contributed by atoms with Gasteiger partial charge in [0.05, 0.1) is 0 Å². The summed E-state index contributed by atoms with van der Waals surface area (Å²) in [4.78, 5) is 41.4. The fourth-order valence-electron chi connectivity index (χ4n) is 3.70. The lowest BCUT2D eigenvalue weighted by molar-refractivity contribution is -0.143. The molecule has 1 rings (SSSR count). The van der Waals surface area contributed by atoms with Crippen molar-refractivity contribution in [2.75, 3.05) is 6.54 Å². The van der Waals surface area contributed by atoms with Gasteiger partial charge in [-0.05, 0) is 64.7 Å². The molecule has 0 spiro atoms. The molecule has 0 aliphatic rings. The fraction of sp³-hybridized carbons (Fsp3) is 0.667. The van der Waals surface area contributed by atoms with Gasteiger partial charge in [-0.25, -0.2) is 4.79 Å². The summed E-state index contributed by atoms with van der Waals surface area (Å²) < 4.78 is 5.39. The van der Waals surface area contributed by atoms with Crippen molar-refractivity contribution in [3.8, 4) is 5.75 Å². The Morgan fingerprint density at radius 1 is 0.971 bits per heavy atom. The maximum absolute atomic E-state index is 13.9. The van der Waals surface area contributed by atoms with Gasteiger partial charge in [-0.3, -0.25) is 9.59 Å². The highest BCUT2D eigenvalue weighted by molar-refractivity contribution is 5.92. The van der Waals surface area contributed by atoms with E-state index in [-0.39, 0.29) is 29.5 Å². The second kappa shape index (κ2) is 14.0. The van der Waals surface area contributed by atoms with Gasteiger partial charge in [0.2, 0.25) is 11.8 Å². The standard InChI is InChI=1S/C27H45N3O5/c1-9-10-11-12-17-30(25(33)22(18(2)3)29-26(34)35-27(6,7)8)23(24(32)28-19(4)5)20-13-15-21(31)16-14-20/h13-16,18-19,22-23,31H,9-12,17H2,1-8H3,(H,28,32)(H,29,34). The second-order valence-electron chi connectivity index (χ2n) is 10.6. The molecule has 0 fully saturated rings. The Morgan fingerprint density at radius 3 is 2.06 bits per heavy atom. The Kier molecular flexibility index (Phi) is 12.1. The second-order valence-corrected chi connectivity index (χ2v) is 10.6. The minimum Gasteiger partial charge on any atom is -0.508 e. The first-order valence-corrected chi connectivity index (χ1v) is 12.7. The predicted molar refractivity (Wildman–Crippen MR) is 138 cm³/mol. The number of hydrogen-bond donors (Lipinski definition) is 3. The number of unbranched alkanes of at least 4 members (excludes halogenated alkanes) is 3. The maximum Gasteiger partial charge on any atom is 0.408 e. The molecule has 0 aliphatic carbocycles. The van der Waals surface area contributed by atoms with Gasteiger partial charge in [-0.1, -0.05) is 52.2 Å². The molecule has 0 saturated heterocycles. The number of ether oxygens (including phenoxy) is 1. The highest BCUT2D eigenvalue weighted by Gasteiger charge is 2.37. The van der Waals surface area contributed by atoms with E-state index in [4.69, 9.17) is 4.74 Å². The molecule has 0 heterocycles. The lowest BCUT2D eigenvalue weighted by Gasteiger charge is -2.36. The molecule has 198 valence electrons. The van der Waals surface area contributed by atoms with Crippen molar-refractivity contribution in [1.29, 1.82) is 0 Å². The summed E-state index contributed by atoms with van der Waals surface area (Å²) in [6.07, 6.45) is 3.02. The Hall–Kier alpha value is -2.77. The van der Waals surface area contributed by atoms with Crippen LogP contribution in [0, 0.1) is 5.92 Å². The van der Waals surface area contributed by atoms with Gasteiger partial charge < -0.3 is 25.4 Å². The first-order valence-electron chi connectivity index (χ1n) is 12.7. The SMILES string of the molecule is CCCCCCN(C(=O)C(NC(=O)OC(C)(C)C)C(C)C)C(C(=O)NC(C)C)c1ccc(O)cc1. The van der Waals surface area contributed by atoms with Crippen molar-refractivity contribution < 1.29 is 24.2 Å². The molecule has 2 atom stereocenters. The zero-order chi connectivity index (χ0) is 26.8. The predicted octanol–water partition coefficient (Wildman–Crippen LogP) is 4.92. The summed E-state index contributed by atoms with van der Waals surface area (Å²) in [5.41, 5.74) is -0.121. The van der Waals surface area contributed by atoms with Gasteiger partial charge in [0.25, 0.3) is 0 Å². The van der Waals surface area contributed by atoms with Crippen LogP contribution in [-0.4, -0.2) is 52.1 Å². The summed E-state index contributed by atoms with van der Waals surface area (Å²) in [5.74, 6) is -0.820. The number of hydrogen-bond acceptors (Lipinski definition) is 5. The van der Waals surface area contributed by atoms with Crippen molar-refractivity contribution in [2.45, 2.75) is 105 Å². The summed E-state index contributed by atoms with van der Waals surface area (Å²) >= 11 is 0. The van der Waals surface area contributed by atoms with Crippen molar-refractivity contribution in [3.05, 3.63) is 29.8 Å². The zero-order valence-electron chi connectivity index (χ0n) is 22.7. The number of benzene rings is 1. The van der Waals surface area contributed by atoms with Gasteiger partial charge in [-0.15, -0.1) is 0 Å². The van der Waals surface area contributed by atoms with Crippen molar-refractivity contribution in [1.82, 2.24) is 15.5 Å². The highest BCUT2D eigenvalue weighted by Crippen LogP contribution is 2.26. The van der Waals surface area contributed by atoms with Crippen LogP contribution >= 0.6 is 0 Å². The van der Waals surface area contributed by atoms with E-state index in [2.05, 4.69) is 17.6 Å². The van der Waals surface area contributed by atoms with E-state index >= 15 is 0 Å².